The minimum Gasteiger partial charge on any atom is -0.492 e. The molecule has 0 unspecified atom stereocenters. The third-order valence-electron chi connectivity index (χ3n) is 4.70. The van der Waals surface area contributed by atoms with Crippen molar-refractivity contribution < 1.29 is 19.5 Å². The van der Waals surface area contributed by atoms with Crippen molar-refractivity contribution in [3.05, 3.63) is 23.2 Å². The first-order chi connectivity index (χ1) is 15.0. The van der Waals surface area contributed by atoms with E-state index in [1.54, 1.807) is 23.7 Å². The summed E-state index contributed by atoms with van der Waals surface area (Å²) in [5.41, 5.74) is 2.29. The molecule has 0 saturated carbocycles. The van der Waals surface area contributed by atoms with Crippen LogP contribution in [0.25, 0.3) is 0 Å². The zero-order valence-electron chi connectivity index (χ0n) is 18.3. The van der Waals surface area contributed by atoms with Gasteiger partial charge in [-0.15, -0.1) is 6.42 Å². The fraction of sp³-hybridized carbons (Fsp3) is 0.565. The van der Waals surface area contributed by atoms with E-state index < -0.39 is 0 Å². The Bertz CT molecular complexity index is 721. The number of anilines is 1. The Kier molecular flexibility index (Phi) is 14.2. The highest BCUT2D eigenvalue weighted by molar-refractivity contribution is 6.32. The zero-order chi connectivity index (χ0) is 22.9. The number of nitrogens with one attached hydrogen (secondary N) is 2. The first kappa shape index (κ1) is 26.8. The number of carbonyl (C=O) groups excluding carboxylic acids is 2. The summed E-state index contributed by atoms with van der Waals surface area (Å²) in [6, 6.07) is 5.22. The normalized spacial score (nSPS) is 10.5. The van der Waals surface area contributed by atoms with Crippen molar-refractivity contribution in [1.29, 1.82) is 0 Å². The molecule has 0 aliphatic rings. The van der Waals surface area contributed by atoms with E-state index in [4.69, 9.17) is 28.0 Å². The summed E-state index contributed by atoms with van der Waals surface area (Å²) in [7, 11) is 1.96. The van der Waals surface area contributed by atoms with Crippen molar-refractivity contribution >= 4 is 29.1 Å². The monoisotopic (exact) mass is 451 g/mol. The van der Waals surface area contributed by atoms with Crippen LogP contribution in [0.15, 0.2) is 18.2 Å². The van der Waals surface area contributed by atoms with E-state index >= 15 is 0 Å². The van der Waals surface area contributed by atoms with Crippen molar-refractivity contribution in [2.45, 2.75) is 57.8 Å². The average molecular weight is 452 g/mol. The Morgan fingerprint density at radius 1 is 1.10 bits per heavy atom. The summed E-state index contributed by atoms with van der Waals surface area (Å²) < 4.78 is 5.75. The van der Waals surface area contributed by atoms with Gasteiger partial charge in [-0.3, -0.25) is 19.7 Å². The van der Waals surface area contributed by atoms with E-state index in [1.807, 2.05) is 11.9 Å². The number of hydroxylamine groups is 1. The van der Waals surface area contributed by atoms with Crippen LogP contribution in [-0.4, -0.2) is 48.7 Å². The molecule has 7 nitrogen and oxygen atoms in total. The van der Waals surface area contributed by atoms with Crippen LogP contribution in [0.1, 0.15) is 57.8 Å². The van der Waals surface area contributed by atoms with Crippen molar-refractivity contribution in [2.75, 3.05) is 32.1 Å². The maximum atomic E-state index is 12.2. The molecule has 172 valence electrons. The number of hydrogen-bond donors (Lipinski definition) is 3. The molecule has 0 heterocycles. The second kappa shape index (κ2) is 16.4. The lowest BCUT2D eigenvalue weighted by Gasteiger charge is -2.14. The second-order valence-electron chi connectivity index (χ2n) is 7.49. The third-order valence-corrected chi connectivity index (χ3v) is 5.01. The number of benzene rings is 1. The Balaban J connectivity index is 2.23. The first-order valence-electron chi connectivity index (χ1n) is 10.7. The van der Waals surface area contributed by atoms with Gasteiger partial charge in [0.25, 0.3) is 0 Å². The van der Waals surface area contributed by atoms with Crippen LogP contribution < -0.4 is 15.5 Å². The highest BCUT2D eigenvalue weighted by Gasteiger charge is 2.07. The van der Waals surface area contributed by atoms with Gasteiger partial charge in [0.1, 0.15) is 5.75 Å². The summed E-state index contributed by atoms with van der Waals surface area (Å²) in [4.78, 5) is 25.1. The maximum Gasteiger partial charge on any atom is 0.243 e. The molecule has 0 saturated heterocycles. The topological polar surface area (TPSA) is 90.9 Å². The van der Waals surface area contributed by atoms with Gasteiger partial charge in [-0.25, -0.2) is 5.48 Å². The predicted molar refractivity (Wildman–Crippen MR) is 123 cm³/mol. The number of amides is 2. The smallest absolute Gasteiger partial charge is 0.243 e. The van der Waals surface area contributed by atoms with Crippen molar-refractivity contribution in [1.82, 2.24) is 10.4 Å². The molecule has 1 aromatic rings. The van der Waals surface area contributed by atoms with E-state index in [-0.39, 0.29) is 11.8 Å². The number of halogens is 1. The van der Waals surface area contributed by atoms with Gasteiger partial charge in [0, 0.05) is 31.1 Å². The molecular formula is C23H34ClN3O4. The lowest BCUT2D eigenvalue weighted by Crippen LogP contribution is -2.21. The maximum absolute atomic E-state index is 12.2. The van der Waals surface area contributed by atoms with E-state index in [1.165, 1.54) is 0 Å². The Morgan fingerprint density at radius 3 is 2.39 bits per heavy atom. The van der Waals surface area contributed by atoms with Crippen LogP contribution >= 0.6 is 11.6 Å². The highest BCUT2D eigenvalue weighted by atomic mass is 35.5. The number of ether oxygens (including phenoxy) is 1. The summed E-state index contributed by atoms with van der Waals surface area (Å²) in [6.45, 7) is 1.94. The van der Waals surface area contributed by atoms with Gasteiger partial charge < -0.3 is 10.1 Å². The number of hydrogen-bond acceptors (Lipinski definition) is 5. The van der Waals surface area contributed by atoms with Crippen molar-refractivity contribution in [2.24, 2.45) is 0 Å². The van der Waals surface area contributed by atoms with Gasteiger partial charge >= 0.3 is 0 Å². The van der Waals surface area contributed by atoms with Crippen LogP contribution in [0.2, 0.25) is 5.02 Å². The van der Waals surface area contributed by atoms with Gasteiger partial charge in [0.05, 0.1) is 18.2 Å². The van der Waals surface area contributed by atoms with Gasteiger partial charge in [0.15, 0.2) is 0 Å². The molecule has 31 heavy (non-hydrogen) atoms. The first-order valence-corrected chi connectivity index (χ1v) is 11.1. The summed E-state index contributed by atoms with van der Waals surface area (Å²) >= 11 is 6.19. The van der Waals surface area contributed by atoms with Crippen molar-refractivity contribution in [3.8, 4) is 18.1 Å². The molecule has 1 rings (SSSR count). The lowest BCUT2D eigenvalue weighted by molar-refractivity contribution is -0.129. The Labute approximate surface area is 190 Å². The summed E-state index contributed by atoms with van der Waals surface area (Å²) in [5.74, 6) is 2.76. The SMILES string of the molecule is C#CCN(C)CCCOc1cc(NC(=O)CCCCCCCCC(=O)NO)ccc1Cl. The number of unbranched alkanes of at least 4 members (excludes halogenated alkanes) is 5. The van der Waals surface area contributed by atoms with Gasteiger partial charge in [0.2, 0.25) is 11.8 Å². The molecule has 8 heteroatoms. The Hall–Kier alpha value is -2.27. The molecule has 0 spiro atoms. The largest absolute Gasteiger partial charge is 0.492 e. The minimum absolute atomic E-state index is 0.0381. The number of carbonyl (C=O) groups is 2. The van der Waals surface area contributed by atoms with E-state index in [2.05, 4.69) is 11.2 Å². The molecule has 0 bridgehead atoms. The van der Waals surface area contributed by atoms with E-state index in [9.17, 15) is 9.59 Å². The van der Waals surface area contributed by atoms with E-state index in [0.29, 0.717) is 42.5 Å². The van der Waals surface area contributed by atoms with Crippen molar-refractivity contribution in [3.63, 3.8) is 0 Å². The van der Waals surface area contributed by atoms with Gasteiger partial charge in [-0.2, -0.15) is 0 Å². The van der Waals surface area contributed by atoms with Crippen LogP contribution in [0.4, 0.5) is 5.69 Å². The van der Waals surface area contributed by atoms with E-state index in [0.717, 1.165) is 51.5 Å². The molecule has 0 atom stereocenters. The molecule has 0 aromatic heterocycles. The van der Waals surface area contributed by atoms with Crippen LogP contribution in [-0.2, 0) is 9.59 Å². The predicted octanol–water partition coefficient (Wildman–Crippen LogP) is 4.24. The van der Waals surface area contributed by atoms with Crippen LogP contribution in [0.3, 0.4) is 0 Å². The fourth-order valence-corrected chi connectivity index (χ4v) is 3.17. The molecule has 0 aliphatic heterocycles. The van der Waals surface area contributed by atoms with Gasteiger partial charge in [-0.1, -0.05) is 43.2 Å². The molecule has 1 aromatic carbocycles. The third kappa shape index (κ3) is 12.9. The summed E-state index contributed by atoms with van der Waals surface area (Å²) in [5, 5.41) is 11.8. The van der Waals surface area contributed by atoms with Crippen LogP contribution in [0.5, 0.6) is 5.75 Å². The second-order valence-corrected chi connectivity index (χ2v) is 7.90. The quantitative estimate of drug-likeness (QED) is 0.151. The summed E-state index contributed by atoms with van der Waals surface area (Å²) in [6.07, 6.45) is 12.4. The number of rotatable bonds is 16. The van der Waals surface area contributed by atoms with Crippen LogP contribution in [0, 0.1) is 12.3 Å². The Morgan fingerprint density at radius 2 is 1.74 bits per heavy atom. The molecule has 2 amide bonds. The zero-order valence-corrected chi connectivity index (χ0v) is 19.0. The number of nitrogens with zero attached hydrogens (tertiary/aromatic N) is 1. The highest BCUT2D eigenvalue weighted by Crippen LogP contribution is 2.28. The fourth-order valence-electron chi connectivity index (χ4n) is 3.00. The molecule has 3 N–H and O–H groups in total. The molecular weight excluding hydrogens is 418 g/mol. The molecule has 0 aliphatic carbocycles. The average Bonchev–Trinajstić information content (AvgIpc) is 2.75. The van der Waals surface area contributed by atoms with Gasteiger partial charge in [-0.05, 0) is 38.4 Å². The minimum atomic E-state index is -0.347. The number of terminal acetylenes is 1. The molecule has 0 fully saturated rings. The standard InChI is InChI=1S/C23H34ClN3O4/c1-3-15-27(2)16-10-17-31-21-18-19(13-14-20(21)24)25-22(28)11-8-6-4-5-7-9-12-23(29)26-30/h1,13-14,18,30H,4-12,15-17H2,2H3,(H,25,28)(H,26,29). The molecule has 0 radical (unpaired) electrons. The lowest BCUT2D eigenvalue weighted by atomic mass is 10.1.